The van der Waals surface area contributed by atoms with Gasteiger partial charge in [0.05, 0.1) is 16.1 Å². The van der Waals surface area contributed by atoms with Crippen LogP contribution in [0.1, 0.15) is 33.1 Å². The third kappa shape index (κ3) is 5.94. The first-order valence-electron chi connectivity index (χ1n) is 6.46. The van der Waals surface area contributed by atoms with Crippen molar-refractivity contribution in [2.45, 2.75) is 39.2 Å². The minimum absolute atomic E-state index is 0.186. The maximum atomic E-state index is 5.94. The number of nitrogens with one attached hydrogen (secondary N) is 1. The zero-order valence-corrected chi connectivity index (χ0v) is 12.5. The van der Waals surface area contributed by atoms with Crippen molar-refractivity contribution in [2.24, 2.45) is 0 Å². The van der Waals surface area contributed by atoms with Crippen molar-refractivity contribution in [3.8, 4) is 5.75 Å². The van der Waals surface area contributed by atoms with Crippen LogP contribution in [0.25, 0.3) is 0 Å². The van der Waals surface area contributed by atoms with Gasteiger partial charge in [-0.3, -0.25) is 0 Å². The fourth-order valence-corrected chi connectivity index (χ4v) is 1.95. The largest absolute Gasteiger partial charge is 0.491 e. The van der Waals surface area contributed by atoms with Crippen LogP contribution in [0.3, 0.4) is 0 Å². The SMILES string of the molecule is CCCNCCCC(C)Oc1ccc(Cl)c(Cl)c1. The van der Waals surface area contributed by atoms with Crippen LogP contribution >= 0.6 is 23.2 Å². The van der Waals surface area contributed by atoms with Crippen molar-refractivity contribution < 1.29 is 4.74 Å². The van der Waals surface area contributed by atoms with E-state index in [1.165, 1.54) is 6.42 Å². The van der Waals surface area contributed by atoms with Gasteiger partial charge in [0, 0.05) is 6.07 Å². The molecule has 0 radical (unpaired) electrons. The third-order valence-corrected chi connectivity index (χ3v) is 3.36. The molecule has 0 aliphatic heterocycles. The van der Waals surface area contributed by atoms with Gasteiger partial charge in [0.25, 0.3) is 0 Å². The molecule has 102 valence electrons. The second kappa shape index (κ2) is 8.63. The molecule has 4 heteroatoms. The molecule has 18 heavy (non-hydrogen) atoms. The molecule has 0 spiro atoms. The van der Waals surface area contributed by atoms with E-state index < -0.39 is 0 Å². The molecular weight excluding hydrogens is 269 g/mol. The van der Waals surface area contributed by atoms with Gasteiger partial charge in [-0.25, -0.2) is 0 Å². The van der Waals surface area contributed by atoms with Crippen LogP contribution in [0, 0.1) is 0 Å². The smallest absolute Gasteiger partial charge is 0.121 e. The summed E-state index contributed by atoms with van der Waals surface area (Å²) in [5.41, 5.74) is 0. The average molecular weight is 290 g/mol. The standard InChI is InChI=1S/C14H21Cl2NO/c1-3-8-17-9-4-5-11(2)18-12-6-7-13(15)14(16)10-12/h6-7,10-11,17H,3-5,8-9H2,1-2H3. The Bertz CT molecular complexity index is 358. The molecule has 1 atom stereocenters. The van der Waals surface area contributed by atoms with Gasteiger partial charge < -0.3 is 10.1 Å². The molecular formula is C14H21Cl2NO. The molecule has 0 saturated carbocycles. The maximum absolute atomic E-state index is 5.94. The molecule has 0 aromatic heterocycles. The molecule has 0 saturated heterocycles. The Morgan fingerprint density at radius 1 is 1.22 bits per heavy atom. The van der Waals surface area contributed by atoms with Crippen LogP contribution in [0.4, 0.5) is 0 Å². The van der Waals surface area contributed by atoms with E-state index in [2.05, 4.69) is 19.2 Å². The Morgan fingerprint density at radius 2 is 2.00 bits per heavy atom. The van der Waals surface area contributed by atoms with E-state index in [1.807, 2.05) is 6.07 Å². The summed E-state index contributed by atoms with van der Waals surface area (Å²) in [6, 6.07) is 5.37. The summed E-state index contributed by atoms with van der Waals surface area (Å²) in [6.07, 6.45) is 3.50. The summed E-state index contributed by atoms with van der Waals surface area (Å²) in [4.78, 5) is 0. The molecule has 2 nitrogen and oxygen atoms in total. The summed E-state index contributed by atoms with van der Waals surface area (Å²) in [5.74, 6) is 0.776. The molecule has 0 heterocycles. The maximum Gasteiger partial charge on any atom is 0.121 e. The Hall–Kier alpha value is -0.440. The zero-order valence-electron chi connectivity index (χ0n) is 11.0. The number of ether oxygens (including phenoxy) is 1. The fraction of sp³-hybridized carbons (Fsp3) is 0.571. The van der Waals surface area contributed by atoms with Gasteiger partial charge >= 0.3 is 0 Å². The Morgan fingerprint density at radius 3 is 2.67 bits per heavy atom. The van der Waals surface area contributed by atoms with Crippen LogP contribution in [-0.4, -0.2) is 19.2 Å². The highest BCUT2D eigenvalue weighted by Gasteiger charge is 2.05. The van der Waals surface area contributed by atoms with Gasteiger partial charge in [-0.1, -0.05) is 30.1 Å². The molecule has 1 aromatic rings. The Balaban J connectivity index is 2.26. The topological polar surface area (TPSA) is 21.3 Å². The highest BCUT2D eigenvalue weighted by molar-refractivity contribution is 6.42. The summed E-state index contributed by atoms with van der Waals surface area (Å²) in [7, 11) is 0. The molecule has 0 amide bonds. The first-order chi connectivity index (χ1) is 8.63. The van der Waals surface area contributed by atoms with E-state index in [4.69, 9.17) is 27.9 Å². The highest BCUT2D eigenvalue weighted by atomic mass is 35.5. The van der Waals surface area contributed by atoms with Crippen LogP contribution in [0.2, 0.25) is 10.0 Å². The first kappa shape index (κ1) is 15.6. The van der Waals surface area contributed by atoms with Crippen molar-refractivity contribution in [1.82, 2.24) is 5.32 Å². The molecule has 0 aliphatic rings. The van der Waals surface area contributed by atoms with Crippen molar-refractivity contribution in [3.05, 3.63) is 28.2 Å². The van der Waals surface area contributed by atoms with Gasteiger partial charge in [0.1, 0.15) is 5.75 Å². The minimum Gasteiger partial charge on any atom is -0.491 e. The summed E-state index contributed by atoms with van der Waals surface area (Å²) in [5, 5.41) is 4.47. The molecule has 1 rings (SSSR count). The van der Waals surface area contributed by atoms with Crippen LogP contribution in [0.5, 0.6) is 5.75 Å². The van der Waals surface area contributed by atoms with Crippen molar-refractivity contribution >= 4 is 23.2 Å². The number of benzene rings is 1. The van der Waals surface area contributed by atoms with Gasteiger partial charge in [0.15, 0.2) is 0 Å². The highest BCUT2D eigenvalue weighted by Crippen LogP contribution is 2.27. The Labute approximate surface area is 120 Å². The van der Waals surface area contributed by atoms with E-state index in [9.17, 15) is 0 Å². The molecule has 0 aliphatic carbocycles. The predicted molar refractivity (Wildman–Crippen MR) is 78.9 cm³/mol. The van der Waals surface area contributed by atoms with Crippen LogP contribution < -0.4 is 10.1 Å². The van der Waals surface area contributed by atoms with Gasteiger partial charge in [0.2, 0.25) is 0 Å². The number of rotatable bonds is 8. The predicted octanol–water partition coefficient (Wildman–Crippen LogP) is 4.54. The fourth-order valence-electron chi connectivity index (χ4n) is 1.66. The Kier molecular flexibility index (Phi) is 7.48. The minimum atomic E-state index is 0.186. The first-order valence-corrected chi connectivity index (χ1v) is 7.21. The van der Waals surface area contributed by atoms with Crippen molar-refractivity contribution in [3.63, 3.8) is 0 Å². The lowest BCUT2D eigenvalue weighted by Crippen LogP contribution is -2.19. The van der Waals surface area contributed by atoms with Gasteiger partial charge in [-0.05, 0) is 51.4 Å². The zero-order chi connectivity index (χ0) is 13.4. The molecule has 1 unspecified atom stereocenters. The molecule has 1 aromatic carbocycles. The van der Waals surface area contributed by atoms with E-state index >= 15 is 0 Å². The van der Waals surface area contributed by atoms with E-state index in [1.54, 1.807) is 12.1 Å². The van der Waals surface area contributed by atoms with Gasteiger partial charge in [-0.2, -0.15) is 0 Å². The van der Waals surface area contributed by atoms with Crippen LogP contribution in [0.15, 0.2) is 18.2 Å². The van der Waals surface area contributed by atoms with E-state index in [0.717, 1.165) is 31.7 Å². The lowest BCUT2D eigenvalue weighted by Gasteiger charge is -2.15. The van der Waals surface area contributed by atoms with E-state index in [0.29, 0.717) is 10.0 Å². The average Bonchev–Trinajstić information content (AvgIpc) is 2.34. The molecule has 1 N–H and O–H groups in total. The lowest BCUT2D eigenvalue weighted by molar-refractivity contribution is 0.207. The summed E-state index contributed by atoms with van der Waals surface area (Å²) < 4.78 is 5.79. The second-order valence-corrected chi connectivity index (χ2v) is 5.21. The number of hydrogen-bond donors (Lipinski definition) is 1. The molecule has 0 bridgehead atoms. The molecule has 0 fully saturated rings. The number of hydrogen-bond acceptors (Lipinski definition) is 2. The van der Waals surface area contributed by atoms with Crippen molar-refractivity contribution in [2.75, 3.05) is 13.1 Å². The summed E-state index contributed by atoms with van der Waals surface area (Å²) >= 11 is 11.8. The third-order valence-electron chi connectivity index (χ3n) is 2.62. The summed E-state index contributed by atoms with van der Waals surface area (Å²) in [6.45, 7) is 6.37. The monoisotopic (exact) mass is 289 g/mol. The quantitative estimate of drug-likeness (QED) is 0.710. The van der Waals surface area contributed by atoms with Crippen LogP contribution in [-0.2, 0) is 0 Å². The van der Waals surface area contributed by atoms with Crippen molar-refractivity contribution in [1.29, 1.82) is 0 Å². The lowest BCUT2D eigenvalue weighted by atomic mass is 10.2. The normalized spacial score (nSPS) is 12.4. The van der Waals surface area contributed by atoms with E-state index in [-0.39, 0.29) is 6.10 Å². The van der Waals surface area contributed by atoms with Gasteiger partial charge in [-0.15, -0.1) is 0 Å². The second-order valence-electron chi connectivity index (χ2n) is 4.40. The number of halogens is 2.